The van der Waals surface area contributed by atoms with Crippen LogP contribution >= 0.6 is 0 Å². The summed E-state index contributed by atoms with van der Waals surface area (Å²) in [6.07, 6.45) is 0. The first kappa shape index (κ1) is 42.9. The fourth-order valence-corrected chi connectivity index (χ4v) is 10.9. The molecule has 0 fully saturated rings. The van der Waals surface area contributed by atoms with Gasteiger partial charge in [0.05, 0.1) is 27.8 Å². The van der Waals surface area contributed by atoms with Crippen LogP contribution in [0.15, 0.2) is 273 Å². The predicted octanol–water partition coefficient (Wildman–Crippen LogP) is 17.7. The molecule has 0 spiro atoms. The van der Waals surface area contributed by atoms with Gasteiger partial charge >= 0.3 is 0 Å². The van der Waals surface area contributed by atoms with E-state index in [1.807, 2.05) is 18.2 Å². The van der Waals surface area contributed by atoms with Crippen molar-refractivity contribution >= 4 is 43.6 Å². The quantitative estimate of drug-likeness (QED) is 0.145. The van der Waals surface area contributed by atoms with E-state index in [-0.39, 0.29) is 0 Å². The molecule has 14 rings (SSSR count). The van der Waals surface area contributed by atoms with Crippen molar-refractivity contribution < 1.29 is 0 Å². The van der Waals surface area contributed by atoms with Crippen molar-refractivity contribution in [1.82, 2.24) is 24.1 Å². The van der Waals surface area contributed by atoms with Crippen LogP contribution in [0.2, 0.25) is 0 Å². The van der Waals surface area contributed by atoms with Gasteiger partial charge in [0.1, 0.15) is 0 Å². The Kier molecular flexibility index (Phi) is 10.4. The molecule has 5 nitrogen and oxygen atoms in total. The van der Waals surface area contributed by atoms with Gasteiger partial charge in [0.15, 0.2) is 17.5 Å². The number of rotatable bonds is 9. The Labute approximate surface area is 428 Å². The Morgan fingerprint density at radius 3 is 1.35 bits per heavy atom. The van der Waals surface area contributed by atoms with Crippen molar-refractivity contribution in [2.45, 2.75) is 0 Å². The second kappa shape index (κ2) is 18.0. The van der Waals surface area contributed by atoms with Crippen LogP contribution in [0.1, 0.15) is 0 Å². The first-order valence-electron chi connectivity index (χ1n) is 25.1. The van der Waals surface area contributed by atoms with Crippen molar-refractivity contribution in [3.05, 3.63) is 273 Å². The SMILES string of the molecule is c1ccc(-c2cccc(-c3ccc4c(c3)c3c(-c5cccc(-c6nc(-c7ccccc7)nc(-c7ccc(-c8ccccc8)c(-n8c9ccccc9c9ccccc98)c7)n6)c5)cccc3n4-c3ccccc3)c2)cc1. The molecule has 0 amide bonds. The molecule has 0 N–H and O–H groups in total. The van der Waals surface area contributed by atoms with Gasteiger partial charge in [0.25, 0.3) is 0 Å². The summed E-state index contributed by atoms with van der Waals surface area (Å²) in [7, 11) is 0. The van der Waals surface area contributed by atoms with E-state index in [9.17, 15) is 0 Å². The minimum atomic E-state index is 0.595. The minimum Gasteiger partial charge on any atom is -0.309 e. The average molecular weight is 944 g/mol. The van der Waals surface area contributed by atoms with Crippen LogP contribution in [0.4, 0.5) is 0 Å². The number of para-hydroxylation sites is 3. The van der Waals surface area contributed by atoms with E-state index >= 15 is 0 Å². The van der Waals surface area contributed by atoms with Crippen LogP contribution in [0.3, 0.4) is 0 Å². The van der Waals surface area contributed by atoms with Crippen LogP contribution in [-0.4, -0.2) is 24.1 Å². The van der Waals surface area contributed by atoms with E-state index in [4.69, 9.17) is 15.0 Å². The molecule has 11 aromatic carbocycles. The zero-order chi connectivity index (χ0) is 49.0. The minimum absolute atomic E-state index is 0.595. The standard InChI is InChI=1S/C69H45N5/c1-5-20-46(21-6-1)49-26-17-27-50(42-49)51-39-41-63-60(44-51)66-57(34-19-37-64(66)73(63)55-30-11-4-12-31-55)52-28-18-29-53(43-52)68-70-67(48-24-9-3-10-25-48)71-69(72-68)54-38-40-56(47-22-7-2-8-23-47)65(45-54)74-61-35-15-13-32-58(61)59-33-14-16-36-62(59)74/h1-45H. The molecule has 0 bridgehead atoms. The summed E-state index contributed by atoms with van der Waals surface area (Å²) >= 11 is 0. The summed E-state index contributed by atoms with van der Waals surface area (Å²) < 4.78 is 4.78. The van der Waals surface area contributed by atoms with Crippen molar-refractivity contribution in [2.24, 2.45) is 0 Å². The zero-order valence-electron chi connectivity index (χ0n) is 40.2. The molecule has 0 saturated carbocycles. The monoisotopic (exact) mass is 943 g/mol. The number of fused-ring (bicyclic) bond motifs is 6. The third-order valence-corrected chi connectivity index (χ3v) is 14.4. The molecule has 74 heavy (non-hydrogen) atoms. The van der Waals surface area contributed by atoms with Gasteiger partial charge in [-0.05, 0) is 99.6 Å². The fourth-order valence-electron chi connectivity index (χ4n) is 10.9. The third kappa shape index (κ3) is 7.46. The average Bonchev–Trinajstić information content (AvgIpc) is 4.01. The van der Waals surface area contributed by atoms with Gasteiger partial charge in [-0.1, -0.05) is 212 Å². The predicted molar refractivity (Wildman–Crippen MR) is 307 cm³/mol. The van der Waals surface area contributed by atoms with E-state index < -0.39 is 0 Å². The summed E-state index contributed by atoms with van der Waals surface area (Å²) in [5.74, 6) is 1.80. The molecule has 0 aliphatic heterocycles. The van der Waals surface area contributed by atoms with Crippen LogP contribution in [0.25, 0.3) is 134 Å². The molecule has 5 heteroatoms. The maximum absolute atomic E-state index is 5.38. The van der Waals surface area contributed by atoms with Crippen LogP contribution in [-0.2, 0) is 0 Å². The Morgan fingerprint density at radius 1 is 0.230 bits per heavy atom. The first-order valence-corrected chi connectivity index (χ1v) is 25.1. The highest BCUT2D eigenvalue weighted by Gasteiger charge is 2.21. The van der Waals surface area contributed by atoms with Crippen molar-refractivity contribution in [3.63, 3.8) is 0 Å². The molecule has 0 unspecified atom stereocenters. The lowest BCUT2D eigenvalue weighted by atomic mass is 9.95. The highest BCUT2D eigenvalue weighted by atomic mass is 15.0. The molecule has 3 aromatic heterocycles. The first-order chi connectivity index (χ1) is 36.7. The van der Waals surface area contributed by atoms with E-state index in [1.54, 1.807) is 0 Å². The van der Waals surface area contributed by atoms with Gasteiger partial charge in [-0.3, -0.25) is 0 Å². The molecular weight excluding hydrogens is 899 g/mol. The van der Waals surface area contributed by atoms with Crippen molar-refractivity contribution in [1.29, 1.82) is 0 Å². The van der Waals surface area contributed by atoms with Gasteiger partial charge in [-0.25, -0.2) is 15.0 Å². The summed E-state index contributed by atoms with van der Waals surface area (Å²) in [4.78, 5) is 15.9. The lowest BCUT2D eigenvalue weighted by molar-refractivity contribution is 1.07. The van der Waals surface area contributed by atoms with Crippen molar-refractivity contribution in [3.8, 4) is 90.0 Å². The Hall–Kier alpha value is -9.97. The highest BCUT2D eigenvalue weighted by Crippen LogP contribution is 2.42. The highest BCUT2D eigenvalue weighted by molar-refractivity contribution is 6.17. The van der Waals surface area contributed by atoms with Gasteiger partial charge in [-0.2, -0.15) is 0 Å². The molecule has 0 aliphatic carbocycles. The Morgan fingerprint density at radius 2 is 0.676 bits per heavy atom. The lowest BCUT2D eigenvalue weighted by Crippen LogP contribution is -2.02. The van der Waals surface area contributed by atoms with Crippen LogP contribution in [0.5, 0.6) is 0 Å². The second-order valence-electron chi connectivity index (χ2n) is 18.8. The van der Waals surface area contributed by atoms with Gasteiger partial charge in [-0.15, -0.1) is 0 Å². The molecule has 0 atom stereocenters. The molecule has 346 valence electrons. The summed E-state index contributed by atoms with van der Waals surface area (Å²) in [6.45, 7) is 0. The maximum atomic E-state index is 5.38. The number of aromatic nitrogens is 5. The van der Waals surface area contributed by atoms with E-state index in [0.717, 1.165) is 77.9 Å². The Bertz CT molecular complexity index is 4350. The molecule has 0 radical (unpaired) electrons. The number of benzene rings is 11. The number of hydrogen-bond donors (Lipinski definition) is 0. The smallest absolute Gasteiger partial charge is 0.164 e. The Balaban J connectivity index is 0.947. The summed E-state index contributed by atoms with van der Waals surface area (Å²) in [5, 5.41) is 4.77. The molecule has 3 heterocycles. The number of nitrogens with zero attached hydrogens (tertiary/aromatic N) is 5. The molecule has 0 saturated heterocycles. The second-order valence-corrected chi connectivity index (χ2v) is 18.8. The topological polar surface area (TPSA) is 48.5 Å². The summed E-state index contributed by atoms with van der Waals surface area (Å²) in [6, 6.07) is 97.2. The van der Waals surface area contributed by atoms with E-state index in [0.29, 0.717) is 17.5 Å². The largest absolute Gasteiger partial charge is 0.309 e. The number of hydrogen-bond acceptors (Lipinski definition) is 3. The lowest BCUT2D eigenvalue weighted by Gasteiger charge is -2.16. The molecule has 14 aromatic rings. The van der Waals surface area contributed by atoms with Crippen LogP contribution < -0.4 is 0 Å². The van der Waals surface area contributed by atoms with E-state index in [2.05, 4.69) is 264 Å². The fraction of sp³-hybridized carbons (Fsp3) is 0. The third-order valence-electron chi connectivity index (χ3n) is 14.4. The van der Waals surface area contributed by atoms with Gasteiger partial charge in [0.2, 0.25) is 0 Å². The van der Waals surface area contributed by atoms with Gasteiger partial charge < -0.3 is 9.13 Å². The van der Waals surface area contributed by atoms with Crippen molar-refractivity contribution in [2.75, 3.05) is 0 Å². The normalized spacial score (nSPS) is 11.5. The molecule has 0 aliphatic rings. The van der Waals surface area contributed by atoms with Gasteiger partial charge in [0, 0.05) is 49.5 Å². The zero-order valence-corrected chi connectivity index (χ0v) is 40.2. The summed E-state index contributed by atoms with van der Waals surface area (Å²) in [5.41, 5.74) is 18.6. The maximum Gasteiger partial charge on any atom is 0.164 e. The molecular formula is C69H45N5. The van der Waals surface area contributed by atoms with Crippen LogP contribution in [0, 0.1) is 0 Å². The van der Waals surface area contributed by atoms with E-state index in [1.165, 1.54) is 38.2 Å².